The molecule has 8 nitrogen and oxygen atoms in total. The van der Waals surface area contributed by atoms with Crippen molar-refractivity contribution >= 4 is 35.1 Å². The van der Waals surface area contributed by atoms with Crippen molar-refractivity contribution in [2.45, 2.75) is 25.3 Å². The van der Waals surface area contributed by atoms with Crippen LogP contribution in [-0.2, 0) is 14.3 Å². The first-order chi connectivity index (χ1) is 15.0. The van der Waals surface area contributed by atoms with Crippen molar-refractivity contribution in [3.05, 3.63) is 59.7 Å². The number of benzene rings is 2. The van der Waals surface area contributed by atoms with Gasteiger partial charge in [-0.3, -0.25) is 14.4 Å². The number of para-hydroxylation sites is 1. The van der Waals surface area contributed by atoms with E-state index in [0.29, 0.717) is 35.5 Å². The first-order valence-corrected chi connectivity index (χ1v) is 10.2. The second-order valence-electron chi connectivity index (χ2n) is 7.57. The van der Waals surface area contributed by atoms with Crippen LogP contribution in [0.25, 0.3) is 0 Å². The highest BCUT2D eigenvalue weighted by Crippen LogP contribution is 2.31. The van der Waals surface area contributed by atoms with E-state index < -0.39 is 17.9 Å². The minimum Gasteiger partial charge on any atom is -0.465 e. The summed E-state index contributed by atoms with van der Waals surface area (Å²) < 4.78 is 4.66. The summed E-state index contributed by atoms with van der Waals surface area (Å²) in [5.41, 5.74) is 1.73. The molecule has 0 bridgehead atoms. The summed E-state index contributed by atoms with van der Waals surface area (Å²) in [6.45, 7) is 0.322. The van der Waals surface area contributed by atoms with Crippen molar-refractivity contribution in [3.63, 3.8) is 0 Å². The Morgan fingerprint density at radius 3 is 2.55 bits per heavy atom. The van der Waals surface area contributed by atoms with Crippen molar-refractivity contribution < 1.29 is 23.9 Å². The number of amides is 3. The van der Waals surface area contributed by atoms with Gasteiger partial charge in [0.05, 0.1) is 23.9 Å². The van der Waals surface area contributed by atoms with Crippen LogP contribution in [0.3, 0.4) is 0 Å². The van der Waals surface area contributed by atoms with Crippen molar-refractivity contribution in [1.29, 1.82) is 0 Å². The summed E-state index contributed by atoms with van der Waals surface area (Å²) in [7, 11) is 1.30. The summed E-state index contributed by atoms with van der Waals surface area (Å²) in [5.74, 6) is -1.28. The quantitative estimate of drug-likeness (QED) is 0.765. The number of carbonyl (C=O) groups excluding carboxylic acids is 4. The molecule has 3 amide bonds. The Balaban J connectivity index is 1.57. The normalized spacial score (nSPS) is 18.0. The summed E-state index contributed by atoms with van der Waals surface area (Å²) >= 11 is 0. The van der Waals surface area contributed by atoms with E-state index in [-0.39, 0.29) is 18.4 Å². The Morgan fingerprint density at radius 2 is 1.81 bits per heavy atom. The van der Waals surface area contributed by atoms with Gasteiger partial charge < -0.3 is 19.9 Å². The number of methoxy groups -OCH3 is 1. The molecule has 8 heteroatoms. The van der Waals surface area contributed by atoms with Gasteiger partial charge in [-0.2, -0.15) is 0 Å². The molecule has 0 saturated carbocycles. The number of carbonyl (C=O) groups is 4. The number of esters is 1. The maximum absolute atomic E-state index is 13.3. The Bertz CT molecular complexity index is 1030. The van der Waals surface area contributed by atoms with Crippen LogP contribution in [0.2, 0.25) is 0 Å². The molecule has 2 aromatic carbocycles. The molecular weight excluding hydrogens is 398 g/mol. The Morgan fingerprint density at radius 1 is 1.06 bits per heavy atom. The number of piperidine rings is 1. The zero-order valence-corrected chi connectivity index (χ0v) is 17.2. The molecule has 1 atom stereocenters. The van der Waals surface area contributed by atoms with E-state index in [1.165, 1.54) is 12.0 Å². The molecule has 1 fully saturated rings. The third kappa shape index (κ3) is 4.01. The number of hydrogen-bond donors (Lipinski definition) is 1. The SMILES string of the molecule is COC(=O)c1ccc(NC(=O)CN2C(=O)[C@H]3CCCCN3C(=O)c3ccccc32)cc1. The second-order valence-corrected chi connectivity index (χ2v) is 7.57. The van der Waals surface area contributed by atoms with Crippen LogP contribution in [0.4, 0.5) is 11.4 Å². The van der Waals surface area contributed by atoms with Gasteiger partial charge in [0, 0.05) is 12.2 Å². The first-order valence-electron chi connectivity index (χ1n) is 10.2. The van der Waals surface area contributed by atoms with Gasteiger partial charge in [0.25, 0.3) is 5.91 Å². The lowest BCUT2D eigenvalue weighted by molar-refractivity contribution is -0.125. The molecule has 0 radical (unpaired) electrons. The number of ether oxygens (including phenoxy) is 1. The first kappa shape index (κ1) is 20.6. The topological polar surface area (TPSA) is 96.0 Å². The molecule has 160 valence electrons. The maximum Gasteiger partial charge on any atom is 0.337 e. The summed E-state index contributed by atoms with van der Waals surface area (Å²) in [6, 6.07) is 12.6. The fourth-order valence-corrected chi connectivity index (χ4v) is 4.09. The van der Waals surface area contributed by atoms with Crippen molar-refractivity contribution in [2.24, 2.45) is 0 Å². The minimum absolute atomic E-state index is 0.171. The molecule has 31 heavy (non-hydrogen) atoms. The van der Waals surface area contributed by atoms with E-state index in [4.69, 9.17) is 0 Å². The molecule has 2 aliphatic rings. The maximum atomic E-state index is 13.3. The summed E-state index contributed by atoms with van der Waals surface area (Å²) in [4.78, 5) is 53.7. The molecule has 0 spiro atoms. The lowest BCUT2D eigenvalue weighted by atomic mass is 10.0. The van der Waals surface area contributed by atoms with Crippen LogP contribution in [0, 0.1) is 0 Å². The van der Waals surface area contributed by atoms with Crippen LogP contribution in [0.15, 0.2) is 48.5 Å². The van der Waals surface area contributed by atoms with E-state index in [0.717, 1.165) is 12.8 Å². The molecule has 2 heterocycles. The molecular formula is C23H23N3O5. The standard InChI is InChI=1S/C23H23N3O5/c1-31-23(30)15-9-11-16(12-10-15)24-20(27)14-26-18-7-3-2-6-17(18)21(28)25-13-5-4-8-19(25)22(26)29/h2-3,6-7,9-12,19H,4-5,8,13-14H2,1H3,(H,24,27)/t19-/m1/s1. The average Bonchev–Trinajstić information content (AvgIpc) is 2.89. The molecule has 4 rings (SSSR count). The number of fused-ring (bicyclic) bond motifs is 2. The van der Waals surface area contributed by atoms with E-state index in [2.05, 4.69) is 10.1 Å². The highest BCUT2D eigenvalue weighted by Gasteiger charge is 2.40. The smallest absolute Gasteiger partial charge is 0.337 e. The van der Waals surface area contributed by atoms with Crippen LogP contribution in [-0.4, -0.2) is 54.8 Å². The molecule has 1 saturated heterocycles. The van der Waals surface area contributed by atoms with Crippen molar-refractivity contribution in [1.82, 2.24) is 4.90 Å². The lowest BCUT2D eigenvalue weighted by Gasteiger charge is -2.34. The van der Waals surface area contributed by atoms with Crippen LogP contribution in [0.1, 0.15) is 40.0 Å². The molecule has 1 N–H and O–H groups in total. The van der Waals surface area contributed by atoms with E-state index in [1.807, 2.05) is 0 Å². The predicted molar refractivity (Wildman–Crippen MR) is 114 cm³/mol. The number of rotatable bonds is 4. The zero-order valence-electron chi connectivity index (χ0n) is 17.2. The molecule has 0 aliphatic carbocycles. The van der Waals surface area contributed by atoms with E-state index >= 15 is 0 Å². The molecule has 0 unspecified atom stereocenters. The van der Waals surface area contributed by atoms with Gasteiger partial charge in [0.2, 0.25) is 11.8 Å². The minimum atomic E-state index is -0.555. The van der Waals surface area contributed by atoms with E-state index in [9.17, 15) is 19.2 Å². The summed E-state index contributed by atoms with van der Waals surface area (Å²) in [6.07, 6.45) is 2.31. The fourth-order valence-electron chi connectivity index (χ4n) is 4.09. The lowest BCUT2D eigenvalue weighted by Crippen LogP contribution is -2.52. The zero-order chi connectivity index (χ0) is 22.0. The van der Waals surface area contributed by atoms with Crippen LogP contribution < -0.4 is 10.2 Å². The van der Waals surface area contributed by atoms with Crippen LogP contribution in [0.5, 0.6) is 0 Å². The third-order valence-electron chi connectivity index (χ3n) is 5.63. The Kier molecular flexibility index (Phi) is 5.70. The third-order valence-corrected chi connectivity index (χ3v) is 5.63. The van der Waals surface area contributed by atoms with E-state index in [1.54, 1.807) is 53.4 Å². The van der Waals surface area contributed by atoms with Gasteiger partial charge >= 0.3 is 5.97 Å². The molecule has 0 aromatic heterocycles. The summed E-state index contributed by atoms with van der Waals surface area (Å²) in [5, 5.41) is 2.74. The van der Waals surface area contributed by atoms with Gasteiger partial charge in [-0.15, -0.1) is 0 Å². The number of nitrogens with zero attached hydrogens (tertiary/aromatic N) is 2. The monoisotopic (exact) mass is 421 g/mol. The van der Waals surface area contributed by atoms with Gasteiger partial charge in [0.15, 0.2) is 0 Å². The fraction of sp³-hybridized carbons (Fsp3) is 0.304. The number of nitrogens with one attached hydrogen (secondary N) is 1. The predicted octanol–water partition coefficient (Wildman–Crippen LogP) is 2.45. The average molecular weight is 421 g/mol. The number of anilines is 2. The number of hydrogen-bond acceptors (Lipinski definition) is 5. The highest BCUT2D eigenvalue weighted by atomic mass is 16.5. The Labute approximate surface area is 179 Å². The van der Waals surface area contributed by atoms with Gasteiger partial charge in [-0.25, -0.2) is 4.79 Å². The molecule has 2 aromatic rings. The van der Waals surface area contributed by atoms with Gasteiger partial charge in [-0.1, -0.05) is 12.1 Å². The van der Waals surface area contributed by atoms with Crippen molar-refractivity contribution in [3.8, 4) is 0 Å². The van der Waals surface area contributed by atoms with Gasteiger partial charge in [-0.05, 0) is 55.7 Å². The van der Waals surface area contributed by atoms with Gasteiger partial charge in [0.1, 0.15) is 12.6 Å². The highest BCUT2D eigenvalue weighted by molar-refractivity contribution is 6.13. The largest absolute Gasteiger partial charge is 0.465 e. The van der Waals surface area contributed by atoms with Crippen LogP contribution >= 0.6 is 0 Å². The molecule has 2 aliphatic heterocycles. The Hall–Kier alpha value is -3.68. The van der Waals surface area contributed by atoms with Crippen molar-refractivity contribution in [2.75, 3.05) is 30.4 Å². The second kappa shape index (κ2) is 8.59.